The molecule has 0 aliphatic carbocycles. The Bertz CT molecular complexity index is 1110. The number of pyridine rings is 1. The van der Waals surface area contributed by atoms with Gasteiger partial charge in [0, 0.05) is 18.6 Å². The molecule has 0 unspecified atom stereocenters. The first kappa shape index (κ1) is 20.8. The van der Waals surface area contributed by atoms with Gasteiger partial charge in [-0.1, -0.05) is 11.6 Å². The lowest BCUT2D eigenvalue weighted by molar-refractivity contribution is 0.0950. The summed E-state index contributed by atoms with van der Waals surface area (Å²) in [6, 6.07) is 6.16. The first-order valence-corrected chi connectivity index (χ1v) is 10.1. The fourth-order valence-corrected chi connectivity index (χ4v) is 3.52. The Labute approximate surface area is 171 Å². The molecule has 8 nitrogen and oxygen atoms in total. The molecule has 2 aromatic heterocycles. The quantitative estimate of drug-likeness (QED) is 0.587. The van der Waals surface area contributed by atoms with Crippen molar-refractivity contribution in [3.63, 3.8) is 0 Å². The number of aromatic nitrogens is 3. The molecular formula is C18H15ClFN5O3S. The Hall–Kier alpha value is -2.95. The highest BCUT2D eigenvalue weighted by atomic mass is 35.5. The summed E-state index contributed by atoms with van der Waals surface area (Å²) in [5.74, 6) is -1.06. The van der Waals surface area contributed by atoms with E-state index < -0.39 is 15.8 Å². The number of hydrogen-bond donors (Lipinski definition) is 2. The van der Waals surface area contributed by atoms with E-state index in [0.717, 1.165) is 18.2 Å². The van der Waals surface area contributed by atoms with Gasteiger partial charge >= 0.3 is 0 Å². The summed E-state index contributed by atoms with van der Waals surface area (Å²) in [6.07, 6.45) is 5.94. The van der Waals surface area contributed by atoms with Crippen LogP contribution in [0.2, 0.25) is 5.02 Å². The smallest absolute Gasteiger partial charge is 0.253 e. The molecule has 0 bridgehead atoms. The van der Waals surface area contributed by atoms with E-state index in [2.05, 4.69) is 25.0 Å². The number of carbonyl (C=O) groups excluding carboxylic acids is 1. The monoisotopic (exact) mass is 435 g/mol. The van der Waals surface area contributed by atoms with Gasteiger partial charge in [-0.15, -0.1) is 0 Å². The number of amides is 1. The Morgan fingerprint density at radius 1 is 1.03 bits per heavy atom. The van der Waals surface area contributed by atoms with E-state index in [1.807, 2.05) is 0 Å². The standard InChI is InChI=1S/C18H15ClFN5O3S/c19-16-7-15(3-4-17(16)20)29(27,28)25-11-13-2-1-12(8-23-13)18(26)24-10-14-9-21-5-6-22-14/h1-9,25H,10-11H2,(H,24,26). The number of rotatable bonds is 7. The number of hydrogen-bond acceptors (Lipinski definition) is 6. The van der Waals surface area contributed by atoms with E-state index in [4.69, 9.17) is 11.6 Å². The molecule has 0 atom stereocenters. The van der Waals surface area contributed by atoms with Crippen LogP contribution in [0.4, 0.5) is 4.39 Å². The van der Waals surface area contributed by atoms with E-state index in [0.29, 0.717) is 17.0 Å². The maximum atomic E-state index is 13.2. The second-order valence-electron chi connectivity index (χ2n) is 5.82. The zero-order valence-corrected chi connectivity index (χ0v) is 16.4. The highest BCUT2D eigenvalue weighted by molar-refractivity contribution is 7.89. The van der Waals surface area contributed by atoms with Crippen LogP contribution in [-0.2, 0) is 23.1 Å². The van der Waals surface area contributed by atoms with Crippen LogP contribution in [0, 0.1) is 5.82 Å². The predicted molar refractivity (Wildman–Crippen MR) is 103 cm³/mol. The highest BCUT2D eigenvalue weighted by Crippen LogP contribution is 2.19. The molecule has 150 valence electrons. The van der Waals surface area contributed by atoms with Gasteiger partial charge in [-0.05, 0) is 30.3 Å². The highest BCUT2D eigenvalue weighted by Gasteiger charge is 2.16. The van der Waals surface area contributed by atoms with Gasteiger partial charge in [0.15, 0.2) is 0 Å². The van der Waals surface area contributed by atoms with Crippen LogP contribution in [0.1, 0.15) is 21.7 Å². The molecule has 11 heteroatoms. The second kappa shape index (κ2) is 9.03. The molecular weight excluding hydrogens is 421 g/mol. The van der Waals surface area contributed by atoms with Crippen molar-refractivity contribution in [3.05, 3.63) is 82.9 Å². The molecule has 1 amide bonds. The van der Waals surface area contributed by atoms with E-state index in [1.165, 1.54) is 30.7 Å². The zero-order chi connectivity index (χ0) is 20.9. The third-order valence-corrected chi connectivity index (χ3v) is 5.47. The van der Waals surface area contributed by atoms with Crippen molar-refractivity contribution in [2.24, 2.45) is 0 Å². The van der Waals surface area contributed by atoms with Gasteiger partial charge in [-0.2, -0.15) is 0 Å². The zero-order valence-electron chi connectivity index (χ0n) is 14.8. The topological polar surface area (TPSA) is 114 Å². The molecule has 0 saturated carbocycles. The molecule has 1 aromatic carbocycles. The van der Waals surface area contributed by atoms with E-state index in [1.54, 1.807) is 6.20 Å². The number of nitrogens with one attached hydrogen (secondary N) is 2. The lowest BCUT2D eigenvalue weighted by atomic mass is 10.2. The van der Waals surface area contributed by atoms with Gasteiger partial charge in [0.2, 0.25) is 10.0 Å². The normalized spacial score (nSPS) is 11.2. The van der Waals surface area contributed by atoms with Gasteiger partial charge in [0.1, 0.15) is 5.82 Å². The SMILES string of the molecule is O=C(NCc1cnccn1)c1ccc(CNS(=O)(=O)c2ccc(F)c(Cl)c2)nc1. The molecule has 0 aliphatic heterocycles. The van der Waals surface area contributed by atoms with Gasteiger partial charge in [0.05, 0.1) is 46.2 Å². The number of carbonyl (C=O) groups is 1. The molecule has 0 spiro atoms. The summed E-state index contributed by atoms with van der Waals surface area (Å²) >= 11 is 5.62. The predicted octanol–water partition coefficient (Wildman–Crippen LogP) is 2.07. The molecule has 3 aromatic rings. The summed E-state index contributed by atoms with van der Waals surface area (Å²) < 4.78 is 40.1. The maximum absolute atomic E-state index is 13.2. The molecule has 29 heavy (non-hydrogen) atoms. The Balaban J connectivity index is 1.58. The Morgan fingerprint density at radius 3 is 2.52 bits per heavy atom. The summed E-state index contributed by atoms with van der Waals surface area (Å²) in [4.78, 5) is 24.0. The fraction of sp³-hybridized carbons (Fsp3) is 0.111. The minimum atomic E-state index is -3.90. The number of benzene rings is 1. The maximum Gasteiger partial charge on any atom is 0.253 e. The van der Waals surface area contributed by atoms with E-state index in [9.17, 15) is 17.6 Å². The van der Waals surface area contributed by atoms with Crippen molar-refractivity contribution in [1.82, 2.24) is 25.0 Å². The van der Waals surface area contributed by atoms with Crippen LogP contribution in [0.15, 0.2) is 60.0 Å². The van der Waals surface area contributed by atoms with Gasteiger partial charge in [0.25, 0.3) is 5.91 Å². The summed E-state index contributed by atoms with van der Waals surface area (Å²) in [5.41, 5.74) is 1.32. The lowest BCUT2D eigenvalue weighted by Crippen LogP contribution is -2.25. The summed E-state index contributed by atoms with van der Waals surface area (Å²) in [5, 5.41) is 2.40. The van der Waals surface area contributed by atoms with E-state index >= 15 is 0 Å². The van der Waals surface area contributed by atoms with Crippen molar-refractivity contribution in [2.45, 2.75) is 18.0 Å². The van der Waals surface area contributed by atoms with Crippen LogP contribution in [0.25, 0.3) is 0 Å². The Morgan fingerprint density at radius 2 is 1.86 bits per heavy atom. The van der Waals surface area contributed by atoms with Crippen molar-refractivity contribution >= 4 is 27.5 Å². The largest absolute Gasteiger partial charge is 0.346 e. The van der Waals surface area contributed by atoms with Crippen LogP contribution in [0.5, 0.6) is 0 Å². The summed E-state index contributed by atoms with van der Waals surface area (Å²) in [6.45, 7) is 0.104. The lowest BCUT2D eigenvalue weighted by Gasteiger charge is -2.08. The minimum absolute atomic E-state index is 0.112. The van der Waals surface area contributed by atoms with Crippen molar-refractivity contribution in [3.8, 4) is 0 Å². The summed E-state index contributed by atoms with van der Waals surface area (Å²) in [7, 11) is -3.90. The molecule has 2 N–H and O–H groups in total. The van der Waals surface area contributed by atoms with Crippen molar-refractivity contribution in [2.75, 3.05) is 0 Å². The number of halogens is 2. The average molecular weight is 436 g/mol. The first-order valence-electron chi connectivity index (χ1n) is 8.28. The van der Waals surface area contributed by atoms with Crippen LogP contribution < -0.4 is 10.0 Å². The second-order valence-corrected chi connectivity index (χ2v) is 7.99. The number of nitrogens with zero attached hydrogens (tertiary/aromatic N) is 3. The molecule has 0 aliphatic rings. The van der Waals surface area contributed by atoms with Crippen LogP contribution in [-0.4, -0.2) is 29.3 Å². The van der Waals surface area contributed by atoms with E-state index in [-0.39, 0.29) is 28.9 Å². The van der Waals surface area contributed by atoms with Crippen molar-refractivity contribution in [1.29, 1.82) is 0 Å². The molecule has 2 heterocycles. The minimum Gasteiger partial charge on any atom is -0.346 e. The Kier molecular flexibility index (Phi) is 6.47. The van der Waals surface area contributed by atoms with Crippen LogP contribution in [0.3, 0.4) is 0 Å². The third kappa shape index (κ3) is 5.53. The number of sulfonamides is 1. The average Bonchev–Trinajstić information content (AvgIpc) is 2.73. The van der Waals surface area contributed by atoms with Crippen molar-refractivity contribution < 1.29 is 17.6 Å². The third-order valence-electron chi connectivity index (χ3n) is 3.78. The van der Waals surface area contributed by atoms with Crippen LogP contribution >= 0.6 is 11.6 Å². The molecule has 0 saturated heterocycles. The van der Waals surface area contributed by atoms with Gasteiger partial charge in [-0.25, -0.2) is 17.5 Å². The molecule has 0 fully saturated rings. The molecule has 3 rings (SSSR count). The molecule has 0 radical (unpaired) electrons. The van der Waals surface area contributed by atoms with Gasteiger partial charge in [-0.3, -0.25) is 19.7 Å². The fourth-order valence-electron chi connectivity index (χ4n) is 2.25. The van der Waals surface area contributed by atoms with Gasteiger partial charge < -0.3 is 5.32 Å². The first-order chi connectivity index (χ1) is 13.8.